The Morgan fingerprint density at radius 1 is 1.50 bits per heavy atom. The summed E-state index contributed by atoms with van der Waals surface area (Å²) in [5, 5.41) is 23.0. The number of nitrogen functional groups attached to an aromatic ring is 1. The van der Waals surface area contributed by atoms with E-state index in [1.807, 2.05) is 4.57 Å². The predicted molar refractivity (Wildman–Crippen MR) is 92.3 cm³/mol. The lowest BCUT2D eigenvalue weighted by Gasteiger charge is -2.22. The van der Waals surface area contributed by atoms with Gasteiger partial charge in [0, 0.05) is 12.5 Å². The maximum atomic E-state index is 10.3. The van der Waals surface area contributed by atoms with Crippen LogP contribution in [0.1, 0.15) is 24.6 Å². The van der Waals surface area contributed by atoms with E-state index in [0.29, 0.717) is 29.4 Å². The fraction of sp³-hybridized carbons (Fsp3) is 0.533. The van der Waals surface area contributed by atoms with E-state index in [2.05, 4.69) is 26.2 Å². The van der Waals surface area contributed by atoms with Crippen molar-refractivity contribution in [3.63, 3.8) is 0 Å². The lowest BCUT2D eigenvalue weighted by Crippen LogP contribution is -2.36. The molecule has 1 saturated carbocycles. The maximum Gasteiger partial charge on any atom is 0.224 e. The molecule has 2 fully saturated rings. The van der Waals surface area contributed by atoms with Gasteiger partial charge in [-0.1, -0.05) is 5.92 Å². The summed E-state index contributed by atoms with van der Waals surface area (Å²) in [6.45, 7) is -0.288. The van der Waals surface area contributed by atoms with E-state index < -0.39 is 10.9 Å². The molecule has 0 spiro atoms. The summed E-state index contributed by atoms with van der Waals surface area (Å²) in [4.78, 5) is 13.0. The molecule has 0 radical (unpaired) electrons. The van der Waals surface area contributed by atoms with E-state index in [-0.39, 0.29) is 17.9 Å². The van der Waals surface area contributed by atoms with Gasteiger partial charge in [-0.15, -0.1) is 18.2 Å². The van der Waals surface area contributed by atoms with Crippen LogP contribution in [0.25, 0.3) is 11.2 Å². The van der Waals surface area contributed by atoms with Gasteiger partial charge in [0.25, 0.3) is 0 Å². The Kier molecular flexibility index (Phi) is 3.56. The van der Waals surface area contributed by atoms with Crippen LogP contribution in [0.3, 0.4) is 0 Å². The predicted octanol–water partition coefficient (Wildman–Crippen LogP) is 0.344. The maximum absolute atomic E-state index is 10.3. The molecule has 4 rings (SSSR count). The molecule has 2 aromatic heterocycles. The number of thioether (sulfide) groups is 1. The van der Waals surface area contributed by atoms with Crippen LogP contribution in [-0.2, 0) is 0 Å². The first-order chi connectivity index (χ1) is 11.6. The van der Waals surface area contributed by atoms with E-state index >= 15 is 0 Å². The van der Waals surface area contributed by atoms with Crippen LogP contribution >= 0.6 is 11.8 Å². The van der Waals surface area contributed by atoms with Crippen molar-refractivity contribution in [1.82, 2.24) is 19.5 Å². The quantitative estimate of drug-likeness (QED) is 0.585. The average molecular weight is 346 g/mol. The smallest absolute Gasteiger partial charge is 0.224 e. The van der Waals surface area contributed by atoms with Gasteiger partial charge in [0.2, 0.25) is 5.95 Å². The highest BCUT2D eigenvalue weighted by atomic mass is 32.2. The van der Waals surface area contributed by atoms with Gasteiger partial charge in [-0.3, -0.25) is 0 Å². The molecule has 0 amide bonds. The number of hydrogen-bond acceptors (Lipinski definition) is 8. The topological polar surface area (TPSA) is 122 Å². The lowest BCUT2D eigenvalue weighted by molar-refractivity contribution is 0.114. The molecule has 0 bridgehead atoms. The van der Waals surface area contributed by atoms with E-state index in [0.717, 1.165) is 12.8 Å². The van der Waals surface area contributed by atoms with Crippen molar-refractivity contribution in [1.29, 1.82) is 0 Å². The highest BCUT2D eigenvalue weighted by Gasteiger charge is 2.47. The van der Waals surface area contributed by atoms with Crippen LogP contribution in [0.2, 0.25) is 0 Å². The minimum atomic E-state index is -1.01. The van der Waals surface area contributed by atoms with Crippen LogP contribution in [0.5, 0.6) is 0 Å². The second-order valence-electron chi connectivity index (χ2n) is 6.19. The first-order valence-corrected chi connectivity index (χ1v) is 8.65. The first-order valence-electron chi connectivity index (χ1n) is 7.77. The van der Waals surface area contributed by atoms with Crippen LogP contribution in [-0.4, -0.2) is 53.2 Å². The Morgan fingerprint density at radius 3 is 2.92 bits per heavy atom. The fourth-order valence-corrected chi connectivity index (χ4v) is 4.33. The van der Waals surface area contributed by atoms with Crippen LogP contribution < -0.4 is 11.1 Å². The van der Waals surface area contributed by atoms with Gasteiger partial charge >= 0.3 is 0 Å². The monoisotopic (exact) mass is 346 g/mol. The van der Waals surface area contributed by atoms with Gasteiger partial charge < -0.3 is 25.8 Å². The highest BCUT2D eigenvalue weighted by molar-refractivity contribution is 8.01. The second-order valence-corrected chi connectivity index (χ2v) is 7.70. The summed E-state index contributed by atoms with van der Waals surface area (Å²) >= 11 is 1.34. The van der Waals surface area contributed by atoms with Gasteiger partial charge in [-0.05, 0) is 12.8 Å². The van der Waals surface area contributed by atoms with E-state index in [9.17, 15) is 10.2 Å². The molecule has 5 N–H and O–H groups in total. The molecule has 0 aromatic carbocycles. The summed E-state index contributed by atoms with van der Waals surface area (Å²) in [5.41, 5.74) is 7.09. The Hall–Kier alpha value is -2.02. The number of nitrogens with one attached hydrogen (secondary N) is 1. The van der Waals surface area contributed by atoms with Gasteiger partial charge in [0.1, 0.15) is 4.75 Å². The molecule has 3 atom stereocenters. The second kappa shape index (κ2) is 5.51. The normalized spacial score (nSPS) is 29.7. The third kappa shape index (κ3) is 2.38. The van der Waals surface area contributed by atoms with Crippen LogP contribution in [0.4, 0.5) is 11.8 Å². The molecular weight excluding hydrogens is 328 g/mol. The minimum absolute atomic E-state index is 0.168. The number of nitrogens with zero attached hydrogens (tertiary/aromatic N) is 4. The van der Waals surface area contributed by atoms with Crippen molar-refractivity contribution in [3.05, 3.63) is 6.33 Å². The Balaban J connectivity index is 1.73. The van der Waals surface area contributed by atoms with Gasteiger partial charge in [0.15, 0.2) is 17.0 Å². The Bertz CT molecular complexity index is 829. The number of imidazole rings is 1. The molecule has 126 valence electrons. The van der Waals surface area contributed by atoms with Crippen LogP contribution in [0, 0.1) is 12.3 Å². The number of nitrogens with two attached hydrogens (primary N) is 1. The molecule has 1 aliphatic carbocycles. The van der Waals surface area contributed by atoms with Crippen molar-refractivity contribution in [2.24, 2.45) is 0 Å². The third-order valence-electron chi connectivity index (χ3n) is 4.46. The SMILES string of the molecule is C#C[C@]1(CO)S[C@@H](n2cnc3c(NC4CC4)nc(N)nc32)C[C@@H]1O. The zero-order valence-corrected chi connectivity index (χ0v) is 13.7. The highest BCUT2D eigenvalue weighted by Crippen LogP contribution is 2.49. The average Bonchev–Trinajstić information content (AvgIpc) is 3.17. The molecule has 2 aromatic rings. The van der Waals surface area contributed by atoms with Crippen molar-refractivity contribution in [2.45, 2.75) is 41.5 Å². The van der Waals surface area contributed by atoms with E-state index in [1.165, 1.54) is 11.8 Å². The van der Waals surface area contributed by atoms with Gasteiger partial charge in [0.05, 0.1) is 24.4 Å². The Morgan fingerprint density at radius 2 is 2.29 bits per heavy atom. The summed E-state index contributed by atoms with van der Waals surface area (Å²) < 4.78 is 0.836. The van der Waals surface area contributed by atoms with E-state index in [1.54, 1.807) is 6.33 Å². The standard InChI is InChI=1S/C15H18N6O2S/c1-2-15(6-22)9(23)5-10(24-15)21-7-17-11-12(18-8-3-4-8)19-14(16)20-13(11)21/h1,7-10,22-23H,3-6H2,(H3,16,18,19,20)/t9-,10+,15+/m0/s1. The van der Waals surface area contributed by atoms with Gasteiger partial charge in [-0.25, -0.2) is 4.98 Å². The van der Waals surface area contributed by atoms with Gasteiger partial charge in [-0.2, -0.15) is 9.97 Å². The molecule has 3 heterocycles. The number of terminal acetylenes is 1. The van der Waals surface area contributed by atoms with Crippen molar-refractivity contribution >= 4 is 34.7 Å². The number of aromatic nitrogens is 4. The molecular formula is C15H18N6O2S. The molecule has 8 nitrogen and oxygen atoms in total. The fourth-order valence-electron chi connectivity index (χ4n) is 2.91. The van der Waals surface area contributed by atoms with Crippen LogP contribution in [0.15, 0.2) is 6.33 Å². The number of hydrogen-bond donors (Lipinski definition) is 4. The molecule has 24 heavy (non-hydrogen) atoms. The first kappa shape index (κ1) is 15.5. The lowest BCUT2D eigenvalue weighted by atomic mass is 10.0. The summed E-state index contributed by atoms with van der Waals surface area (Å²) in [6, 6.07) is 0.416. The number of aliphatic hydroxyl groups is 2. The van der Waals surface area contributed by atoms with E-state index in [4.69, 9.17) is 12.2 Å². The zero-order valence-electron chi connectivity index (χ0n) is 12.9. The third-order valence-corrected chi connectivity index (χ3v) is 6.09. The molecule has 2 aliphatic rings. The van der Waals surface area contributed by atoms with Crippen molar-refractivity contribution in [2.75, 3.05) is 17.7 Å². The number of aliphatic hydroxyl groups excluding tert-OH is 2. The molecule has 0 unspecified atom stereocenters. The summed E-state index contributed by atoms with van der Waals surface area (Å²) in [5.74, 6) is 3.33. The number of fused-ring (bicyclic) bond motifs is 1. The summed E-state index contributed by atoms with van der Waals surface area (Å²) in [6.07, 6.45) is 9.01. The van der Waals surface area contributed by atoms with Crippen molar-refractivity contribution < 1.29 is 10.2 Å². The number of rotatable bonds is 4. The molecule has 1 aliphatic heterocycles. The number of anilines is 2. The minimum Gasteiger partial charge on any atom is -0.394 e. The largest absolute Gasteiger partial charge is 0.394 e. The Labute approximate surface area is 142 Å². The summed E-state index contributed by atoms with van der Waals surface area (Å²) in [7, 11) is 0. The molecule has 9 heteroatoms. The molecule has 1 saturated heterocycles. The van der Waals surface area contributed by atoms with Crippen molar-refractivity contribution in [3.8, 4) is 12.3 Å². The zero-order chi connectivity index (χ0) is 16.9.